The summed E-state index contributed by atoms with van der Waals surface area (Å²) >= 11 is 1.46. The normalized spacial score (nSPS) is 15.1. The van der Waals surface area contributed by atoms with E-state index in [-0.39, 0.29) is 17.9 Å². The Morgan fingerprint density at radius 1 is 1.19 bits per heavy atom. The Labute approximate surface area is 164 Å². The van der Waals surface area contributed by atoms with E-state index in [2.05, 4.69) is 34.8 Å². The van der Waals surface area contributed by atoms with Gasteiger partial charge in [0.2, 0.25) is 5.91 Å². The third kappa shape index (κ3) is 5.66. The van der Waals surface area contributed by atoms with Crippen LogP contribution in [0.4, 0.5) is 15.6 Å². The Kier molecular flexibility index (Phi) is 6.66. The molecular weight excluding hydrogens is 360 g/mol. The van der Waals surface area contributed by atoms with E-state index in [1.807, 2.05) is 18.2 Å². The molecule has 1 heterocycles. The molecule has 1 saturated carbocycles. The van der Waals surface area contributed by atoms with Crippen molar-refractivity contribution in [2.24, 2.45) is 11.8 Å². The maximum absolute atomic E-state index is 12.4. The molecule has 6 nitrogen and oxygen atoms in total. The van der Waals surface area contributed by atoms with Crippen LogP contribution in [-0.4, -0.2) is 23.5 Å². The van der Waals surface area contributed by atoms with Crippen LogP contribution in [0.15, 0.2) is 18.2 Å². The van der Waals surface area contributed by atoms with Gasteiger partial charge in [-0.2, -0.15) is 0 Å². The molecule has 0 radical (unpaired) electrons. The molecule has 1 aliphatic carbocycles. The van der Waals surface area contributed by atoms with Gasteiger partial charge in [-0.25, -0.2) is 9.78 Å². The molecule has 0 spiro atoms. The number of benzene rings is 1. The van der Waals surface area contributed by atoms with Gasteiger partial charge in [0.25, 0.3) is 0 Å². The molecule has 0 bridgehead atoms. The first-order chi connectivity index (χ1) is 13.0. The van der Waals surface area contributed by atoms with E-state index in [1.54, 1.807) is 0 Å². The Bertz CT molecular complexity index is 796. The average Bonchev–Trinajstić information content (AvgIpc) is 3.03. The largest absolute Gasteiger partial charge is 0.338 e. The summed E-state index contributed by atoms with van der Waals surface area (Å²) in [6.07, 6.45) is 6.38. The van der Waals surface area contributed by atoms with Crippen LogP contribution in [0.3, 0.4) is 0 Å². The first-order valence-electron chi connectivity index (χ1n) is 9.77. The highest BCUT2D eigenvalue weighted by Gasteiger charge is 2.22. The third-order valence-corrected chi connectivity index (χ3v) is 5.81. The maximum Gasteiger partial charge on any atom is 0.319 e. The summed E-state index contributed by atoms with van der Waals surface area (Å²) in [4.78, 5) is 28.9. The second-order valence-corrected chi connectivity index (χ2v) is 8.62. The molecular formula is C20H28N4O2S. The Morgan fingerprint density at radius 3 is 2.70 bits per heavy atom. The number of aromatic nitrogens is 1. The third-order valence-electron chi connectivity index (χ3n) is 4.86. The van der Waals surface area contributed by atoms with Crippen molar-refractivity contribution in [1.82, 2.24) is 10.3 Å². The number of carbonyl (C=O) groups excluding carboxylic acids is 2. The van der Waals surface area contributed by atoms with Crippen LogP contribution in [-0.2, 0) is 4.79 Å². The summed E-state index contributed by atoms with van der Waals surface area (Å²) in [5, 5.41) is 9.28. The molecule has 146 valence electrons. The van der Waals surface area contributed by atoms with E-state index in [9.17, 15) is 9.59 Å². The molecule has 7 heteroatoms. The van der Waals surface area contributed by atoms with Crippen molar-refractivity contribution in [3.63, 3.8) is 0 Å². The second kappa shape index (κ2) is 9.17. The standard InChI is InChI=1S/C20H28N4O2S/c1-13(2)10-11-21-19(26)22-15-8-9-17-16(12-15)23-20(27-17)24-18(25)14-6-4-3-5-7-14/h8-9,12-14H,3-7,10-11H2,1-2H3,(H2,21,22,26)(H,23,24,25). The highest BCUT2D eigenvalue weighted by Crippen LogP contribution is 2.30. The molecule has 1 aromatic carbocycles. The molecule has 27 heavy (non-hydrogen) atoms. The topological polar surface area (TPSA) is 83.1 Å². The van der Waals surface area contributed by atoms with Crippen LogP contribution in [0.2, 0.25) is 0 Å². The molecule has 3 N–H and O–H groups in total. The zero-order chi connectivity index (χ0) is 19.2. The number of nitrogens with zero attached hydrogens (tertiary/aromatic N) is 1. The number of rotatable bonds is 6. The van der Waals surface area contributed by atoms with Gasteiger partial charge < -0.3 is 16.0 Å². The van der Waals surface area contributed by atoms with Gasteiger partial charge in [0, 0.05) is 18.2 Å². The lowest BCUT2D eigenvalue weighted by Gasteiger charge is -2.19. The lowest BCUT2D eigenvalue weighted by Crippen LogP contribution is -2.30. The highest BCUT2D eigenvalue weighted by atomic mass is 32.1. The zero-order valence-corrected chi connectivity index (χ0v) is 16.8. The number of anilines is 2. The quantitative estimate of drug-likeness (QED) is 0.652. The van der Waals surface area contributed by atoms with E-state index < -0.39 is 0 Å². The van der Waals surface area contributed by atoms with Crippen LogP contribution >= 0.6 is 11.3 Å². The maximum atomic E-state index is 12.4. The van der Waals surface area contributed by atoms with Crippen LogP contribution < -0.4 is 16.0 Å². The van der Waals surface area contributed by atoms with Gasteiger partial charge in [-0.05, 0) is 43.4 Å². The fraction of sp³-hybridized carbons (Fsp3) is 0.550. The summed E-state index contributed by atoms with van der Waals surface area (Å²) in [6.45, 7) is 4.90. The number of thiazole rings is 1. The summed E-state index contributed by atoms with van der Waals surface area (Å²) in [5.74, 6) is 0.744. The number of hydrogen-bond donors (Lipinski definition) is 3. The minimum absolute atomic E-state index is 0.0802. The van der Waals surface area contributed by atoms with Crippen LogP contribution in [0.25, 0.3) is 10.2 Å². The fourth-order valence-corrected chi connectivity index (χ4v) is 4.13. The molecule has 1 aromatic heterocycles. The molecule has 0 atom stereocenters. The van der Waals surface area contributed by atoms with Crippen molar-refractivity contribution < 1.29 is 9.59 Å². The van der Waals surface area contributed by atoms with Crippen LogP contribution in [0.1, 0.15) is 52.4 Å². The van der Waals surface area contributed by atoms with Crippen molar-refractivity contribution in [2.45, 2.75) is 52.4 Å². The summed E-state index contributed by atoms with van der Waals surface area (Å²) in [7, 11) is 0. The van der Waals surface area contributed by atoms with Gasteiger partial charge in [-0.15, -0.1) is 0 Å². The summed E-state index contributed by atoms with van der Waals surface area (Å²) in [5.41, 5.74) is 1.47. The van der Waals surface area contributed by atoms with Crippen molar-refractivity contribution in [1.29, 1.82) is 0 Å². The predicted octanol–water partition coefficient (Wildman–Crippen LogP) is 4.98. The first kappa shape index (κ1) is 19.6. The van der Waals surface area contributed by atoms with Gasteiger partial charge in [0.15, 0.2) is 5.13 Å². The minimum atomic E-state index is -0.212. The Balaban J connectivity index is 1.59. The van der Waals surface area contributed by atoms with E-state index in [1.165, 1.54) is 17.8 Å². The Morgan fingerprint density at radius 2 is 1.96 bits per heavy atom. The minimum Gasteiger partial charge on any atom is -0.338 e. The second-order valence-electron chi connectivity index (χ2n) is 7.59. The van der Waals surface area contributed by atoms with Gasteiger partial charge in [-0.3, -0.25) is 4.79 Å². The number of amides is 3. The monoisotopic (exact) mass is 388 g/mol. The van der Waals surface area contributed by atoms with Crippen molar-refractivity contribution in [3.05, 3.63) is 18.2 Å². The van der Waals surface area contributed by atoms with Gasteiger partial charge in [0.05, 0.1) is 10.2 Å². The molecule has 3 rings (SSSR count). The lowest BCUT2D eigenvalue weighted by molar-refractivity contribution is -0.120. The van der Waals surface area contributed by atoms with Gasteiger partial charge >= 0.3 is 6.03 Å². The Hall–Kier alpha value is -2.15. The molecule has 2 aromatic rings. The van der Waals surface area contributed by atoms with Gasteiger partial charge in [-0.1, -0.05) is 44.4 Å². The summed E-state index contributed by atoms with van der Waals surface area (Å²) in [6, 6.07) is 5.41. The molecule has 1 aliphatic rings. The summed E-state index contributed by atoms with van der Waals surface area (Å²) < 4.78 is 0.986. The number of nitrogens with one attached hydrogen (secondary N) is 3. The first-order valence-corrected chi connectivity index (χ1v) is 10.6. The zero-order valence-electron chi connectivity index (χ0n) is 16.0. The fourth-order valence-electron chi connectivity index (χ4n) is 3.28. The average molecular weight is 389 g/mol. The molecule has 1 fully saturated rings. The van der Waals surface area contributed by atoms with Crippen LogP contribution in [0, 0.1) is 11.8 Å². The van der Waals surface area contributed by atoms with Crippen molar-refractivity contribution in [3.8, 4) is 0 Å². The van der Waals surface area contributed by atoms with Crippen LogP contribution in [0.5, 0.6) is 0 Å². The van der Waals surface area contributed by atoms with E-state index in [0.29, 0.717) is 23.3 Å². The number of fused-ring (bicyclic) bond motifs is 1. The van der Waals surface area contributed by atoms with Crippen molar-refractivity contribution >= 4 is 44.3 Å². The number of carbonyl (C=O) groups is 2. The number of hydrogen-bond acceptors (Lipinski definition) is 4. The molecule has 0 aliphatic heterocycles. The number of urea groups is 1. The molecule has 3 amide bonds. The molecule has 0 unspecified atom stereocenters. The van der Waals surface area contributed by atoms with E-state index in [0.717, 1.165) is 42.3 Å². The SMILES string of the molecule is CC(C)CCNC(=O)Nc1ccc2sc(NC(=O)C3CCCCC3)nc2c1. The highest BCUT2D eigenvalue weighted by molar-refractivity contribution is 7.22. The predicted molar refractivity (Wildman–Crippen MR) is 111 cm³/mol. The lowest BCUT2D eigenvalue weighted by atomic mass is 9.89. The van der Waals surface area contributed by atoms with Gasteiger partial charge in [0.1, 0.15) is 0 Å². The van der Waals surface area contributed by atoms with Crippen molar-refractivity contribution in [2.75, 3.05) is 17.2 Å². The van der Waals surface area contributed by atoms with E-state index in [4.69, 9.17) is 0 Å². The van der Waals surface area contributed by atoms with E-state index >= 15 is 0 Å². The molecule has 0 saturated heterocycles. The smallest absolute Gasteiger partial charge is 0.319 e.